The van der Waals surface area contributed by atoms with Gasteiger partial charge in [-0.05, 0) is 22.6 Å². The van der Waals surface area contributed by atoms with Crippen molar-refractivity contribution in [2.75, 3.05) is 7.11 Å². The van der Waals surface area contributed by atoms with Crippen molar-refractivity contribution < 1.29 is 13.5 Å². The zero-order chi connectivity index (χ0) is 10.7. The maximum atomic E-state index is 12.5. The first-order valence-electron chi connectivity index (χ1n) is 3.67. The molecule has 0 aliphatic carbocycles. The highest BCUT2D eigenvalue weighted by Crippen LogP contribution is 2.33. The molecule has 0 amide bonds. The molecule has 0 aliphatic heterocycles. The van der Waals surface area contributed by atoms with E-state index in [1.807, 2.05) is 22.6 Å². The summed E-state index contributed by atoms with van der Waals surface area (Å²) in [6, 6.07) is 0. The summed E-state index contributed by atoms with van der Waals surface area (Å²) >= 11 is 7.52. The van der Waals surface area contributed by atoms with Gasteiger partial charge < -0.3 is 4.74 Å². The number of hydrogen-bond acceptors (Lipinski definition) is 2. The van der Waals surface area contributed by atoms with Crippen LogP contribution >= 0.6 is 34.2 Å². The molecule has 0 N–H and O–H groups in total. The normalized spacial score (nSPS) is 10.7. The number of methoxy groups -OCH3 is 1. The van der Waals surface area contributed by atoms with Crippen molar-refractivity contribution in [1.82, 2.24) is 4.98 Å². The number of hydrogen-bond donors (Lipinski definition) is 0. The third kappa shape index (κ3) is 2.25. The topological polar surface area (TPSA) is 22.1 Å². The standard InChI is InChI=1S/C8H7ClF2INO/c1-14-7-5(12)4(2-9)3-13-6(7)8(10)11/h3,8H,2H2,1H3. The van der Waals surface area contributed by atoms with Gasteiger partial charge in [0.15, 0.2) is 5.75 Å². The van der Waals surface area contributed by atoms with Crippen LogP contribution in [-0.4, -0.2) is 12.1 Å². The van der Waals surface area contributed by atoms with Crippen LogP contribution in [0.15, 0.2) is 6.20 Å². The van der Waals surface area contributed by atoms with Gasteiger partial charge in [0.05, 0.1) is 16.6 Å². The van der Waals surface area contributed by atoms with Gasteiger partial charge in [0.1, 0.15) is 5.69 Å². The summed E-state index contributed by atoms with van der Waals surface area (Å²) in [5.74, 6) is 0.337. The first kappa shape index (κ1) is 11.9. The van der Waals surface area contributed by atoms with E-state index in [2.05, 4.69) is 4.98 Å². The van der Waals surface area contributed by atoms with Crippen molar-refractivity contribution in [3.05, 3.63) is 21.0 Å². The van der Waals surface area contributed by atoms with Crippen molar-refractivity contribution in [2.45, 2.75) is 12.3 Å². The van der Waals surface area contributed by atoms with Gasteiger partial charge in [-0.25, -0.2) is 8.78 Å². The van der Waals surface area contributed by atoms with E-state index in [1.165, 1.54) is 13.3 Å². The molecule has 0 aliphatic rings. The summed E-state index contributed by atoms with van der Waals surface area (Å²) in [6.07, 6.45) is -1.29. The van der Waals surface area contributed by atoms with Crippen LogP contribution in [0.1, 0.15) is 17.7 Å². The quantitative estimate of drug-likeness (QED) is 0.625. The van der Waals surface area contributed by atoms with E-state index in [1.54, 1.807) is 0 Å². The average molecular weight is 334 g/mol. The number of alkyl halides is 3. The van der Waals surface area contributed by atoms with Crippen molar-refractivity contribution in [3.63, 3.8) is 0 Å². The second-order valence-electron chi connectivity index (χ2n) is 2.45. The molecule has 0 unspecified atom stereocenters. The van der Waals surface area contributed by atoms with Crippen LogP contribution in [0.5, 0.6) is 5.75 Å². The van der Waals surface area contributed by atoms with E-state index in [9.17, 15) is 8.78 Å². The lowest BCUT2D eigenvalue weighted by molar-refractivity contribution is 0.141. The molecule has 0 atom stereocenters. The molecule has 0 spiro atoms. The molecule has 0 aromatic carbocycles. The van der Waals surface area contributed by atoms with E-state index < -0.39 is 6.43 Å². The van der Waals surface area contributed by atoms with Gasteiger partial charge in [-0.15, -0.1) is 11.6 Å². The van der Waals surface area contributed by atoms with Crippen LogP contribution in [0.4, 0.5) is 8.78 Å². The Kier molecular flexibility index (Phi) is 4.31. The second-order valence-corrected chi connectivity index (χ2v) is 3.80. The van der Waals surface area contributed by atoms with Gasteiger partial charge >= 0.3 is 0 Å². The first-order valence-corrected chi connectivity index (χ1v) is 5.28. The summed E-state index contributed by atoms with van der Waals surface area (Å²) in [6.45, 7) is 0. The Morgan fingerprint density at radius 1 is 1.64 bits per heavy atom. The van der Waals surface area contributed by atoms with E-state index in [-0.39, 0.29) is 17.3 Å². The van der Waals surface area contributed by atoms with E-state index >= 15 is 0 Å². The first-order chi connectivity index (χ1) is 6.61. The van der Waals surface area contributed by atoms with Gasteiger partial charge in [-0.2, -0.15) is 0 Å². The minimum atomic E-state index is -2.64. The summed E-state index contributed by atoms with van der Waals surface area (Å²) in [5, 5.41) is 0. The molecule has 1 aromatic heterocycles. The Morgan fingerprint density at radius 3 is 2.71 bits per heavy atom. The lowest BCUT2D eigenvalue weighted by Crippen LogP contribution is -2.01. The number of pyridine rings is 1. The number of halogens is 4. The molecule has 0 saturated heterocycles. The zero-order valence-corrected chi connectivity index (χ0v) is 10.1. The highest BCUT2D eigenvalue weighted by Gasteiger charge is 2.19. The molecule has 1 rings (SSSR count). The Balaban J connectivity index is 3.28. The highest BCUT2D eigenvalue weighted by molar-refractivity contribution is 14.1. The molecular weight excluding hydrogens is 326 g/mol. The molecule has 0 radical (unpaired) electrons. The highest BCUT2D eigenvalue weighted by atomic mass is 127. The van der Waals surface area contributed by atoms with E-state index in [0.29, 0.717) is 9.13 Å². The lowest BCUT2D eigenvalue weighted by atomic mass is 10.2. The van der Waals surface area contributed by atoms with Crippen LogP contribution in [0.3, 0.4) is 0 Å². The minimum absolute atomic E-state index is 0.110. The summed E-state index contributed by atoms with van der Waals surface area (Å²) in [4.78, 5) is 3.62. The fourth-order valence-corrected chi connectivity index (χ4v) is 2.22. The molecule has 6 heteroatoms. The smallest absolute Gasteiger partial charge is 0.284 e. The fraction of sp³-hybridized carbons (Fsp3) is 0.375. The molecule has 1 heterocycles. The molecule has 1 aromatic rings. The molecule has 14 heavy (non-hydrogen) atoms. The Bertz CT molecular complexity index is 335. The third-order valence-corrected chi connectivity index (χ3v) is 3.10. The van der Waals surface area contributed by atoms with Crippen LogP contribution in [0.2, 0.25) is 0 Å². The van der Waals surface area contributed by atoms with Gasteiger partial charge in [0.25, 0.3) is 6.43 Å². The largest absolute Gasteiger partial charge is 0.493 e. The third-order valence-electron chi connectivity index (χ3n) is 1.63. The van der Waals surface area contributed by atoms with E-state index in [0.717, 1.165) is 0 Å². The van der Waals surface area contributed by atoms with Crippen LogP contribution < -0.4 is 4.74 Å². The minimum Gasteiger partial charge on any atom is -0.493 e. The van der Waals surface area contributed by atoms with Gasteiger partial charge in [-0.1, -0.05) is 0 Å². The maximum absolute atomic E-state index is 12.5. The van der Waals surface area contributed by atoms with Crippen LogP contribution in [0.25, 0.3) is 0 Å². The number of aromatic nitrogens is 1. The monoisotopic (exact) mass is 333 g/mol. The van der Waals surface area contributed by atoms with Crippen LogP contribution in [-0.2, 0) is 5.88 Å². The zero-order valence-electron chi connectivity index (χ0n) is 7.23. The predicted molar refractivity (Wildman–Crippen MR) is 58.0 cm³/mol. The van der Waals surface area contributed by atoms with Crippen molar-refractivity contribution in [2.24, 2.45) is 0 Å². The summed E-state index contributed by atoms with van der Waals surface area (Å²) in [7, 11) is 1.34. The molecule has 0 saturated carbocycles. The Hall–Kier alpha value is -0.170. The predicted octanol–water partition coefficient (Wildman–Crippen LogP) is 3.37. The number of ether oxygens (including phenoxy) is 1. The number of nitrogens with zero attached hydrogens (tertiary/aromatic N) is 1. The van der Waals surface area contributed by atoms with Gasteiger partial charge in [0.2, 0.25) is 0 Å². The molecule has 0 bridgehead atoms. The SMILES string of the molecule is COc1c(C(F)F)ncc(CCl)c1I. The van der Waals surface area contributed by atoms with Crippen molar-refractivity contribution in [3.8, 4) is 5.75 Å². The Labute approximate surface area is 98.8 Å². The molecule has 78 valence electrons. The van der Waals surface area contributed by atoms with Gasteiger partial charge in [0, 0.05) is 11.8 Å². The second kappa shape index (κ2) is 5.06. The van der Waals surface area contributed by atoms with Gasteiger partial charge in [-0.3, -0.25) is 4.98 Å². The van der Waals surface area contributed by atoms with Crippen molar-refractivity contribution >= 4 is 34.2 Å². The fourth-order valence-electron chi connectivity index (χ4n) is 0.964. The molecular formula is C8H7ClF2INO. The summed E-state index contributed by atoms with van der Waals surface area (Å²) < 4.78 is 30.4. The lowest BCUT2D eigenvalue weighted by Gasteiger charge is -2.10. The van der Waals surface area contributed by atoms with E-state index in [4.69, 9.17) is 16.3 Å². The van der Waals surface area contributed by atoms with Crippen LogP contribution in [0, 0.1) is 3.57 Å². The Morgan fingerprint density at radius 2 is 2.29 bits per heavy atom. The number of rotatable bonds is 3. The molecule has 2 nitrogen and oxygen atoms in total. The van der Waals surface area contributed by atoms with Crippen molar-refractivity contribution in [1.29, 1.82) is 0 Å². The summed E-state index contributed by atoms with van der Waals surface area (Å²) in [5.41, 5.74) is 0.347. The average Bonchev–Trinajstić information content (AvgIpc) is 2.17. The maximum Gasteiger partial charge on any atom is 0.284 e. The molecule has 0 fully saturated rings.